The summed E-state index contributed by atoms with van der Waals surface area (Å²) < 4.78 is 0. The van der Waals surface area contributed by atoms with Crippen molar-refractivity contribution in [2.24, 2.45) is 5.92 Å². The van der Waals surface area contributed by atoms with Crippen molar-refractivity contribution >= 4 is 0 Å². The van der Waals surface area contributed by atoms with E-state index in [1.165, 1.54) is 38.6 Å². The Morgan fingerprint density at radius 1 is 1.18 bits per heavy atom. The Hall–Kier alpha value is -0.0800. The van der Waals surface area contributed by atoms with Crippen molar-refractivity contribution in [3.8, 4) is 0 Å². The highest BCUT2D eigenvalue weighted by Crippen LogP contribution is 2.25. The Morgan fingerprint density at radius 2 is 1.76 bits per heavy atom. The molecule has 0 amide bonds. The molecule has 0 aromatic heterocycles. The van der Waals surface area contributed by atoms with E-state index in [9.17, 15) is 5.11 Å². The van der Waals surface area contributed by atoms with E-state index < -0.39 is 5.60 Å². The summed E-state index contributed by atoms with van der Waals surface area (Å²) in [5.41, 5.74) is -0.519. The topological polar surface area (TPSA) is 23.5 Å². The number of rotatable bonds is 7. The second-order valence-electron chi connectivity index (χ2n) is 6.72. The van der Waals surface area contributed by atoms with E-state index in [0.29, 0.717) is 0 Å². The first-order valence-electron chi connectivity index (χ1n) is 7.35. The molecule has 0 heterocycles. The molecular formula is C15H31NO. The Labute approximate surface area is 107 Å². The highest BCUT2D eigenvalue weighted by Gasteiger charge is 2.24. The monoisotopic (exact) mass is 241 g/mol. The molecule has 1 N–H and O–H groups in total. The molecule has 0 spiro atoms. The minimum Gasteiger partial charge on any atom is -0.390 e. The van der Waals surface area contributed by atoms with E-state index in [1.807, 2.05) is 13.8 Å². The predicted octanol–water partition coefficient (Wildman–Crippen LogP) is 3.44. The van der Waals surface area contributed by atoms with Gasteiger partial charge in [0.2, 0.25) is 0 Å². The maximum atomic E-state index is 9.86. The third kappa shape index (κ3) is 6.42. The second kappa shape index (κ2) is 6.75. The van der Waals surface area contributed by atoms with Crippen molar-refractivity contribution in [3.05, 3.63) is 0 Å². The van der Waals surface area contributed by atoms with Gasteiger partial charge in [0, 0.05) is 12.6 Å². The van der Waals surface area contributed by atoms with Crippen molar-refractivity contribution in [1.82, 2.24) is 4.90 Å². The maximum Gasteiger partial charge on any atom is 0.0603 e. The van der Waals surface area contributed by atoms with Crippen LogP contribution in [0, 0.1) is 5.92 Å². The first-order valence-corrected chi connectivity index (χ1v) is 7.35. The average molecular weight is 241 g/mol. The lowest BCUT2D eigenvalue weighted by molar-refractivity contribution is 0.0500. The van der Waals surface area contributed by atoms with Crippen molar-refractivity contribution in [3.63, 3.8) is 0 Å². The van der Waals surface area contributed by atoms with Gasteiger partial charge in [0.1, 0.15) is 0 Å². The zero-order valence-corrected chi connectivity index (χ0v) is 12.2. The molecule has 0 unspecified atom stereocenters. The zero-order chi connectivity index (χ0) is 12.9. The lowest BCUT2D eigenvalue weighted by Gasteiger charge is -2.31. The van der Waals surface area contributed by atoms with E-state index in [2.05, 4.69) is 18.7 Å². The summed E-state index contributed by atoms with van der Waals surface area (Å²) in [6.45, 7) is 10.7. The summed E-state index contributed by atoms with van der Waals surface area (Å²) in [5, 5.41) is 9.86. The van der Waals surface area contributed by atoms with Gasteiger partial charge in [-0.1, -0.05) is 26.7 Å². The summed E-state index contributed by atoms with van der Waals surface area (Å²) >= 11 is 0. The van der Waals surface area contributed by atoms with Gasteiger partial charge in [0.25, 0.3) is 0 Å². The van der Waals surface area contributed by atoms with Crippen LogP contribution < -0.4 is 0 Å². The van der Waals surface area contributed by atoms with Crippen LogP contribution in [0.25, 0.3) is 0 Å². The normalized spacial score (nSPS) is 18.5. The zero-order valence-electron chi connectivity index (χ0n) is 12.2. The minimum absolute atomic E-state index is 0.519. The molecule has 0 bridgehead atoms. The lowest BCUT2D eigenvalue weighted by Crippen LogP contribution is -2.38. The summed E-state index contributed by atoms with van der Waals surface area (Å²) in [6.07, 6.45) is 7.69. The fraction of sp³-hybridized carbons (Fsp3) is 1.00. The molecule has 0 saturated heterocycles. The summed E-state index contributed by atoms with van der Waals surface area (Å²) in [4.78, 5) is 2.63. The first-order chi connectivity index (χ1) is 7.88. The molecule has 2 nitrogen and oxygen atoms in total. The SMILES string of the molecule is CC(C)CCN(CCC(C)(C)O)C1CCCC1. The summed E-state index contributed by atoms with van der Waals surface area (Å²) in [7, 11) is 0. The molecule has 17 heavy (non-hydrogen) atoms. The van der Waals surface area contributed by atoms with Crippen LogP contribution in [-0.4, -0.2) is 34.7 Å². The van der Waals surface area contributed by atoms with Crippen LogP contribution in [0.4, 0.5) is 0 Å². The van der Waals surface area contributed by atoms with Crippen molar-refractivity contribution < 1.29 is 5.11 Å². The molecule has 0 aromatic rings. The molecular weight excluding hydrogens is 210 g/mol. The third-order valence-corrected chi connectivity index (χ3v) is 3.85. The predicted molar refractivity (Wildman–Crippen MR) is 74.2 cm³/mol. The molecule has 2 heteroatoms. The first kappa shape index (κ1) is 15.0. The average Bonchev–Trinajstić information content (AvgIpc) is 2.68. The quantitative estimate of drug-likeness (QED) is 0.738. The van der Waals surface area contributed by atoms with Gasteiger partial charge in [-0.25, -0.2) is 0 Å². The van der Waals surface area contributed by atoms with Gasteiger partial charge in [-0.05, 0) is 52.0 Å². The molecule has 0 atom stereocenters. The van der Waals surface area contributed by atoms with E-state index in [-0.39, 0.29) is 0 Å². The van der Waals surface area contributed by atoms with Crippen LogP contribution in [-0.2, 0) is 0 Å². The molecule has 102 valence electrons. The van der Waals surface area contributed by atoms with Gasteiger partial charge in [0.05, 0.1) is 5.60 Å². The van der Waals surface area contributed by atoms with Crippen LogP contribution in [0.1, 0.15) is 66.2 Å². The molecule has 1 fully saturated rings. The van der Waals surface area contributed by atoms with E-state index >= 15 is 0 Å². The number of aliphatic hydroxyl groups is 1. The smallest absolute Gasteiger partial charge is 0.0603 e. The number of hydrogen-bond acceptors (Lipinski definition) is 2. The molecule has 1 rings (SSSR count). The van der Waals surface area contributed by atoms with Crippen LogP contribution in [0.2, 0.25) is 0 Å². The lowest BCUT2D eigenvalue weighted by atomic mass is 10.0. The Kier molecular flexibility index (Phi) is 5.94. The van der Waals surface area contributed by atoms with E-state index in [4.69, 9.17) is 0 Å². The molecule has 1 aliphatic carbocycles. The number of hydrogen-bond donors (Lipinski definition) is 1. The van der Waals surface area contributed by atoms with Gasteiger partial charge in [-0.2, -0.15) is 0 Å². The highest BCUT2D eigenvalue weighted by atomic mass is 16.3. The van der Waals surface area contributed by atoms with Crippen molar-refractivity contribution in [1.29, 1.82) is 0 Å². The van der Waals surface area contributed by atoms with Gasteiger partial charge in [-0.15, -0.1) is 0 Å². The molecule has 0 aliphatic heterocycles. The maximum absolute atomic E-state index is 9.86. The van der Waals surface area contributed by atoms with Gasteiger partial charge in [0.15, 0.2) is 0 Å². The Morgan fingerprint density at radius 3 is 2.24 bits per heavy atom. The van der Waals surface area contributed by atoms with E-state index in [1.54, 1.807) is 0 Å². The van der Waals surface area contributed by atoms with Crippen LogP contribution in [0.3, 0.4) is 0 Å². The summed E-state index contributed by atoms with van der Waals surface area (Å²) in [5.74, 6) is 0.779. The highest BCUT2D eigenvalue weighted by molar-refractivity contribution is 4.79. The molecule has 1 aliphatic rings. The molecule has 0 radical (unpaired) electrons. The summed E-state index contributed by atoms with van der Waals surface area (Å²) in [6, 6.07) is 0.788. The van der Waals surface area contributed by atoms with Crippen molar-refractivity contribution in [2.45, 2.75) is 77.9 Å². The fourth-order valence-corrected chi connectivity index (χ4v) is 2.59. The minimum atomic E-state index is -0.519. The molecule has 0 aromatic carbocycles. The van der Waals surface area contributed by atoms with E-state index in [0.717, 1.165) is 24.9 Å². The van der Waals surface area contributed by atoms with Crippen LogP contribution in [0.15, 0.2) is 0 Å². The standard InChI is InChI=1S/C15H31NO/c1-13(2)9-11-16(12-10-15(3,4)17)14-7-5-6-8-14/h13-14,17H,5-12H2,1-4H3. The van der Waals surface area contributed by atoms with Gasteiger partial charge >= 0.3 is 0 Å². The number of nitrogens with zero attached hydrogens (tertiary/aromatic N) is 1. The molecule has 1 saturated carbocycles. The largest absolute Gasteiger partial charge is 0.390 e. The Balaban J connectivity index is 2.40. The third-order valence-electron chi connectivity index (χ3n) is 3.85. The second-order valence-corrected chi connectivity index (χ2v) is 6.72. The van der Waals surface area contributed by atoms with Crippen LogP contribution >= 0.6 is 0 Å². The van der Waals surface area contributed by atoms with Gasteiger partial charge < -0.3 is 10.0 Å². The fourth-order valence-electron chi connectivity index (χ4n) is 2.59. The Bertz CT molecular complexity index is 201. The van der Waals surface area contributed by atoms with Gasteiger partial charge in [-0.3, -0.25) is 0 Å². The van der Waals surface area contributed by atoms with Crippen LogP contribution in [0.5, 0.6) is 0 Å². The van der Waals surface area contributed by atoms with Crippen molar-refractivity contribution in [2.75, 3.05) is 13.1 Å².